The fourth-order valence-corrected chi connectivity index (χ4v) is 1.95. The molecule has 21 heavy (non-hydrogen) atoms. The van der Waals surface area contributed by atoms with Crippen LogP contribution < -0.4 is 0 Å². The van der Waals surface area contributed by atoms with Crippen molar-refractivity contribution in [1.82, 2.24) is 4.90 Å². The van der Waals surface area contributed by atoms with Gasteiger partial charge in [0.1, 0.15) is 23.0 Å². The minimum atomic E-state index is -0.902. The first-order valence-electron chi connectivity index (χ1n) is 7.13. The summed E-state index contributed by atoms with van der Waals surface area (Å²) in [5.41, 5.74) is -1.33. The van der Waals surface area contributed by atoms with Crippen molar-refractivity contribution in [2.75, 3.05) is 6.54 Å². The molecule has 0 aliphatic carbocycles. The number of ketones is 1. The van der Waals surface area contributed by atoms with E-state index >= 15 is 0 Å². The number of hydrogen-bond acceptors (Lipinski definition) is 5. The molecule has 6 nitrogen and oxygen atoms in total. The number of ether oxygens (including phenoxy) is 2. The van der Waals surface area contributed by atoms with Crippen LogP contribution in [-0.2, 0) is 19.1 Å². The van der Waals surface area contributed by atoms with Crippen molar-refractivity contribution in [1.29, 1.82) is 0 Å². The molecule has 0 aromatic heterocycles. The van der Waals surface area contributed by atoms with Gasteiger partial charge in [0, 0.05) is 19.4 Å². The molecule has 0 aromatic carbocycles. The van der Waals surface area contributed by atoms with E-state index in [-0.39, 0.29) is 25.2 Å². The highest BCUT2D eigenvalue weighted by atomic mass is 16.6. The molecule has 1 atom stereocenters. The Kier molecular flexibility index (Phi) is 5.02. The van der Waals surface area contributed by atoms with E-state index < -0.39 is 29.3 Å². The molecule has 0 N–H and O–H groups in total. The van der Waals surface area contributed by atoms with E-state index in [1.54, 1.807) is 41.5 Å². The van der Waals surface area contributed by atoms with Gasteiger partial charge in [-0.2, -0.15) is 0 Å². The second kappa shape index (κ2) is 6.03. The maximum atomic E-state index is 12.2. The van der Waals surface area contributed by atoms with Crippen molar-refractivity contribution in [3.8, 4) is 0 Å². The Balaban J connectivity index is 2.86. The van der Waals surface area contributed by atoms with Crippen LogP contribution in [0.2, 0.25) is 0 Å². The van der Waals surface area contributed by atoms with Gasteiger partial charge in [-0.25, -0.2) is 9.59 Å². The number of esters is 1. The van der Waals surface area contributed by atoms with Gasteiger partial charge in [-0.1, -0.05) is 0 Å². The Morgan fingerprint density at radius 3 is 2.05 bits per heavy atom. The number of hydrogen-bond donors (Lipinski definition) is 0. The van der Waals surface area contributed by atoms with E-state index in [0.717, 1.165) is 0 Å². The molecule has 1 unspecified atom stereocenters. The fourth-order valence-electron chi connectivity index (χ4n) is 1.95. The molecule has 0 saturated carbocycles. The molecule has 1 rings (SSSR count). The van der Waals surface area contributed by atoms with E-state index in [1.807, 2.05) is 0 Å². The van der Waals surface area contributed by atoms with Crippen LogP contribution in [0.5, 0.6) is 0 Å². The van der Waals surface area contributed by atoms with Gasteiger partial charge in [-0.3, -0.25) is 9.69 Å². The number of carbonyl (C=O) groups is 3. The van der Waals surface area contributed by atoms with Gasteiger partial charge in [0.15, 0.2) is 0 Å². The third-order valence-electron chi connectivity index (χ3n) is 2.74. The van der Waals surface area contributed by atoms with Crippen LogP contribution in [0.25, 0.3) is 0 Å². The number of piperidine rings is 1. The molecule has 0 bridgehead atoms. The smallest absolute Gasteiger partial charge is 0.411 e. The van der Waals surface area contributed by atoms with Gasteiger partial charge >= 0.3 is 12.1 Å². The predicted molar refractivity (Wildman–Crippen MR) is 76.8 cm³/mol. The zero-order valence-electron chi connectivity index (χ0n) is 13.7. The van der Waals surface area contributed by atoms with Crippen LogP contribution in [0, 0.1) is 0 Å². The highest BCUT2D eigenvalue weighted by Crippen LogP contribution is 2.21. The van der Waals surface area contributed by atoms with Crippen LogP contribution in [0.15, 0.2) is 0 Å². The number of nitrogens with zero attached hydrogens (tertiary/aromatic N) is 1. The van der Waals surface area contributed by atoms with E-state index in [9.17, 15) is 14.4 Å². The standard InChI is InChI=1S/C15H25NO5/c1-14(2,3)20-12(18)11-9-10(17)7-8-16(11)13(19)21-15(4,5)6/h11H,7-9H2,1-6H3. The van der Waals surface area contributed by atoms with E-state index in [0.29, 0.717) is 0 Å². The molecule has 1 saturated heterocycles. The molecule has 0 aromatic rings. The summed E-state index contributed by atoms with van der Waals surface area (Å²) < 4.78 is 10.6. The van der Waals surface area contributed by atoms with Crippen LogP contribution >= 0.6 is 0 Å². The van der Waals surface area contributed by atoms with Crippen molar-refractivity contribution < 1.29 is 23.9 Å². The number of rotatable bonds is 1. The van der Waals surface area contributed by atoms with Crippen molar-refractivity contribution in [2.24, 2.45) is 0 Å². The zero-order chi connectivity index (χ0) is 16.4. The summed E-state index contributed by atoms with van der Waals surface area (Å²) in [5, 5.41) is 0. The molecule has 1 fully saturated rings. The maximum Gasteiger partial charge on any atom is 0.411 e. The molecule has 1 aliphatic heterocycles. The lowest BCUT2D eigenvalue weighted by Gasteiger charge is -2.36. The maximum absolute atomic E-state index is 12.2. The van der Waals surface area contributed by atoms with Crippen molar-refractivity contribution >= 4 is 17.8 Å². The average molecular weight is 299 g/mol. The molecule has 1 heterocycles. The summed E-state index contributed by atoms with van der Waals surface area (Å²) in [7, 11) is 0. The third-order valence-corrected chi connectivity index (χ3v) is 2.74. The van der Waals surface area contributed by atoms with E-state index in [2.05, 4.69) is 0 Å². The number of carbonyl (C=O) groups excluding carboxylic acids is 3. The predicted octanol–water partition coefficient (Wildman–Crippen LogP) is 2.30. The summed E-state index contributed by atoms with van der Waals surface area (Å²) in [6.45, 7) is 10.7. The number of likely N-dealkylation sites (tertiary alicyclic amines) is 1. The lowest BCUT2D eigenvalue weighted by molar-refractivity contribution is -0.163. The van der Waals surface area contributed by atoms with Crippen molar-refractivity contribution in [3.63, 3.8) is 0 Å². The summed E-state index contributed by atoms with van der Waals surface area (Å²) in [4.78, 5) is 37.3. The van der Waals surface area contributed by atoms with Crippen molar-refractivity contribution in [3.05, 3.63) is 0 Å². The van der Waals surface area contributed by atoms with Gasteiger partial charge in [-0.15, -0.1) is 0 Å². The molecule has 120 valence electrons. The van der Waals surface area contributed by atoms with Crippen LogP contribution in [0.3, 0.4) is 0 Å². The summed E-state index contributed by atoms with van der Waals surface area (Å²) in [6, 6.07) is -0.902. The van der Waals surface area contributed by atoms with Crippen LogP contribution in [-0.4, -0.2) is 46.5 Å². The summed E-state index contributed by atoms with van der Waals surface area (Å²) in [5.74, 6) is -0.618. The quantitative estimate of drug-likeness (QED) is 0.695. The SMILES string of the molecule is CC(C)(C)OC(=O)C1CC(=O)CCN1C(=O)OC(C)(C)C. The van der Waals surface area contributed by atoms with E-state index in [4.69, 9.17) is 9.47 Å². The summed E-state index contributed by atoms with van der Waals surface area (Å²) >= 11 is 0. The second-order valence-corrected chi connectivity index (χ2v) is 7.22. The minimum Gasteiger partial charge on any atom is -0.458 e. The van der Waals surface area contributed by atoms with Gasteiger partial charge in [0.05, 0.1) is 0 Å². The number of Topliss-reactive ketones (excluding diaryl/α,β-unsaturated/α-hetero) is 1. The first-order valence-corrected chi connectivity index (χ1v) is 7.13. The van der Waals surface area contributed by atoms with Crippen molar-refractivity contribution in [2.45, 2.75) is 71.6 Å². The Bertz CT molecular complexity index is 430. The second-order valence-electron chi connectivity index (χ2n) is 7.22. The monoisotopic (exact) mass is 299 g/mol. The Hall–Kier alpha value is -1.59. The van der Waals surface area contributed by atoms with Crippen LogP contribution in [0.1, 0.15) is 54.4 Å². The average Bonchev–Trinajstić information content (AvgIpc) is 2.23. The molecule has 0 spiro atoms. The first-order chi connectivity index (χ1) is 9.39. The van der Waals surface area contributed by atoms with Gasteiger partial charge < -0.3 is 9.47 Å². The van der Waals surface area contributed by atoms with Gasteiger partial charge in [0.2, 0.25) is 0 Å². The molecule has 1 amide bonds. The Morgan fingerprint density at radius 2 is 1.57 bits per heavy atom. The fraction of sp³-hybridized carbons (Fsp3) is 0.800. The molecule has 6 heteroatoms. The topological polar surface area (TPSA) is 72.9 Å². The highest BCUT2D eigenvalue weighted by molar-refractivity contribution is 5.91. The minimum absolute atomic E-state index is 0.0197. The third kappa shape index (κ3) is 5.73. The summed E-state index contributed by atoms with van der Waals surface area (Å²) in [6.07, 6.45) is -0.377. The van der Waals surface area contributed by atoms with Gasteiger partial charge in [-0.05, 0) is 41.5 Å². The number of amides is 1. The first kappa shape index (κ1) is 17.5. The largest absolute Gasteiger partial charge is 0.458 e. The highest BCUT2D eigenvalue weighted by Gasteiger charge is 2.39. The normalized spacial score (nSPS) is 20.2. The zero-order valence-corrected chi connectivity index (χ0v) is 13.7. The molecule has 1 aliphatic rings. The van der Waals surface area contributed by atoms with E-state index in [1.165, 1.54) is 4.90 Å². The Morgan fingerprint density at radius 1 is 1.05 bits per heavy atom. The van der Waals surface area contributed by atoms with Crippen LogP contribution in [0.4, 0.5) is 4.79 Å². The Labute approximate surface area is 125 Å². The molecule has 0 radical (unpaired) electrons. The molecular weight excluding hydrogens is 274 g/mol. The lowest BCUT2D eigenvalue weighted by Crippen LogP contribution is -2.53. The lowest BCUT2D eigenvalue weighted by atomic mass is 10.0. The molecular formula is C15H25NO5. The van der Waals surface area contributed by atoms with Gasteiger partial charge in [0.25, 0.3) is 0 Å².